The highest BCUT2D eigenvalue weighted by Crippen LogP contribution is 2.20. The molecule has 1 aliphatic rings. The quantitative estimate of drug-likeness (QED) is 0.896. The SMILES string of the molecule is COc1ccccc1CC(=O)Nc1cccc(C(=O)N2CCCCC2)c1. The zero-order chi connectivity index (χ0) is 18.4. The molecular formula is C21H24N2O3. The number of likely N-dealkylation sites (tertiary alicyclic amines) is 1. The fraction of sp³-hybridized carbons (Fsp3) is 0.333. The van der Waals surface area contributed by atoms with Crippen molar-refractivity contribution in [2.45, 2.75) is 25.7 Å². The zero-order valence-corrected chi connectivity index (χ0v) is 15.0. The largest absolute Gasteiger partial charge is 0.496 e. The summed E-state index contributed by atoms with van der Waals surface area (Å²) in [4.78, 5) is 26.9. The molecule has 3 rings (SSSR count). The van der Waals surface area contributed by atoms with Gasteiger partial charge in [0.2, 0.25) is 5.91 Å². The Morgan fingerprint density at radius 2 is 1.81 bits per heavy atom. The molecule has 0 bridgehead atoms. The van der Waals surface area contributed by atoms with E-state index in [2.05, 4.69) is 5.32 Å². The van der Waals surface area contributed by atoms with Crippen molar-refractivity contribution in [2.24, 2.45) is 0 Å². The Bertz CT molecular complexity index is 782. The average molecular weight is 352 g/mol. The predicted molar refractivity (Wildman–Crippen MR) is 102 cm³/mol. The molecule has 2 aromatic carbocycles. The van der Waals surface area contributed by atoms with Crippen LogP contribution in [0.2, 0.25) is 0 Å². The topological polar surface area (TPSA) is 58.6 Å². The van der Waals surface area contributed by atoms with Gasteiger partial charge in [-0.3, -0.25) is 9.59 Å². The first-order valence-corrected chi connectivity index (χ1v) is 8.98. The average Bonchev–Trinajstić information content (AvgIpc) is 2.68. The Balaban J connectivity index is 1.66. The molecule has 5 heteroatoms. The fourth-order valence-electron chi connectivity index (χ4n) is 3.24. The number of carbonyl (C=O) groups excluding carboxylic acids is 2. The van der Waals surface area contributed by atoms with Gasteiger partial charge in [-0.05, 0) is 43.5 Å². The number of amides is 2. The number of piperidine rings is 1. The van der Waals surface area contributed by atoms with Crippen LogP contribution in [0, 0.1) is 0 Å². The lowest BCUT2D eigenvalue weighted by molar-refractivity contribution is -0.115. The molecule has 0 saturated carbocycles. The molecule has 0 radical (unpaired) electrons. The number of benzene rings is 2. The summed E-state index contributed by atoms with van der Waals surface area (Å²) in [5.74, 6) is 0.583. The second-order valence-electron chi connectivity index (χ2n) is 6.47. The number of nitrogens with zero attached hydrogens (tertiary/aromatic N) is 1. The number of hydrogen-bond donors (Lipinski definition) is 1. The van der Waals surface area contributed by atoms with Crippen LogP contribution in [0.5, 0.6) is 5.75 Å². The van der Waals surface area contributed by atoms with Gasteiger partial charge in [0.15, 0.2) is 0 Å². The van der Waals surface area contributed by atoms with Gasteiger partial charge in [-0.25, -0.2) is 0 Å². The van der Waals surface area contributed by atoms with Crippen LogP contribution in [0.3, 0.4) is 0 Å². The summed E-state index contributed by atoms with van der Waals surface area (Å²) >= 11 is 0. The highest BCUT2D eigenvalue weighted by atomic mass is 16.5. The zero-order valence-electron chi connectivity index (χ0n) is 15.0. The van der Waals surface area contributed by atoms with E-state index in [1.807, 2.05) is 29.2 Å². The summed E-state index contributed by atoms with van der Waals surface area (Å²) in [6, 6.07) is 14.6. The second-order valence-corrected chi connectivity index (χ2v) is 6.47. The maximum atomic E-state index is 12.6. The van der Waals surface area contributed by atoms with Crippen molar-refractivity contribution in [3.8, 4) is 5.75 Å². The van der Waals surface area contributed by atoms with E-state index in [1.165, 1.54) is 6.42 Å². The van der Waals surface area contributed by atoms with Crippen LogP contribution in [0.15, 0.2) is 48.5 Å². The smallest absolute Gasteiger partial charge is 0.253 e. The summed E-state index contributed by atoms with van der Waals surface area (Å²) in [5, 5.41) is 2.87. The van der Waals surface area contributed by atoms with Crippen LogP contribution in [0.4, 0.5) is 5.69 Å². The molecule has 1 N–H and O–H groups in total. The molecule has 5 nitrogen and oxygen atoms in total. The predicted octanol–water partition coefficient (Wildman–Crippen LogP) is 3.50. The summed E-state index contributed by atoms with van der Waals surface area (Å²) in [7, 11) is 1.59. The Morgan fingerprint density at radius 3 is 2.58 bits per heavy atom. The number of para-hydroxylation sites is 1. The standard InChI is InChI=1S/C21H24N2O3/c1-26-19-11-4-3-8-16(19)15-20(24)22-18-10-7-9-17(14-18)21(25)23-12-5-2-6-13-23/h3-4,7-11,14H,2,5-6,12-13,15H2,1H3,(H,22,24). The lowest BCUT2D eigenvalue weighted by Gasteiger charge is -2.26. The van der Waals surface area contributed by atoms with Gasteiger partial charge in [-0.2, -0.15) is 0 Å². The van der Waals surface area contributed by atoms with Crippen molar-refractivity contribution < 1.29 is 14.3 Å². The van der Waals surface area contributed by atoms with Gasteiger partial charge in [0, 0.05) is 29.9 Å². The molecular weight excluding hydrogens is 328 g/mol. The molecule has 1 aliphatic heterocycles. The first-order valence-electron chi connectivity index (χ1n) is 8.98. The van der Waals surface area contributed by atoms with Crippen molar-refractivity contribution in [2.75, 3.05) is 25.5 Å². The van der Waals surface area contributed by atoms with E-state index in [9.17, 15) is 9.59 Å². The maximum absolute atomic E-state index is 12.6. The number of carbonyl (C=O) groups is 2. The van der Waals surface area contributed by atoms with Crippen LogP contribution < -0.4 is 10.1 Å². The number of anilines is 1. The van der Waals surface area contributed by atoms with Gasteiger partial charge in [0.05, 0.1) is 13.5 Å². The number of methoxy groups -OCH3 is 1. The van der Waals surface area contributed by atoms with Gasteiger partial charge >= 0.3 is 0 Å². The molecule has 0 aliphatic carbocycles. The molecule has 0 spiro atoms. The third kappa shape index (κ3) is 4.42. The van der Waals surface area contributed by atoms with Crippen molar-refractivity contribution in [1.29, 1.82) is 0 Å². The summed E-state index contributed by atoms with van der Waals surface area (Å²) in [6.45, 7) is 1.62. The normalized spacial score (nSPS) is 14.0. The third-order valence-corrected chi connectivity index (χ3v) is 4.58. The Labute approximate surface area is 154 Å². The van der Waals surface area contributed by atoms with Gasteiger partial charge < -0.3 is 15.0 Å². The number of ether oxygens (including phenoxy) is 1. The van der Waals surface area contributed by atoms with E-state index in [0.29, 0.717) is 17.0 Å². The molecule has 1 heterocycles. The molecule has 1 saturated heterocycles. The highest BCUT2D eigenvalue weighted by molar-refractivity contribution is 5.97. The lowest BCUT2D eigenvalue weighted by atomic mass is 10.1. The minimum absolute atomic E-state index is 0.0329. The van der Waals surface area contributed by atoms with E-state index in [-0.39, 0.29) is 18.2 Å². The number of hydrogen-bond acceptors (Lipinski definition) is 3. The minimum atomic E-state index is -0.142. The summed E-state index contributed by atoms with van der Waals surface area (Å²) in [5.41, 5.74) is 2.07. The minimum Gasteiger partial charge on any atom is -0.496 e. The highest BCUT2D eigenvalue weighted by Gasteiger charge is 2.18. The van der Waals surface area contributed by atoms with Crippen LogP contribution >= 0.6 is 0 Å². The monoisotopic (exact) mass is 352 g/mol. The first kappa shape index (κ1) is 18.0. The van der Waals surface area contributed by atoms with Gasteiger partial charge in [0.1, 0.15) is 5.75 Å². The molecule has 1 fully saturated rings. The van der Waals surface area contributed by atoms with E-state index < -0.39 is 0 Å². The summed E-state index contributed by atoms with van der Waals surface area (Å²) < 4.78 is 5.28. The van der Waals surface area contributed by atoms with Crippen LogP contribution in [-0.2, 0) is 11.2 Å². The Hall–Kier alpha value is -2.82. The van der Waals surface area contributed by atoms with Crippen molar-refractivity contribution in [3.63, 3.8) is 0 Å². The van der Waals surface area contributed by atoms with E-state index in [4.69, 9.17) is 4.74 Å². The third-order valence-electron chi connectivity index (χ3n) is 4.58. The molecule has 26 heavy (non-hydrogen) atoms. The van der Waals surface area contributed by atoms with Crippen LogP contribution in [0.1, 0.15) is 35.2 Å². The number of nitrogens with one attached hydrogen (secondary N) is 1. The fourth-order valence-corrected chi connectivity index (χ4v) is 3.24. The van der Waals surface area contributed by atoms with E-state index >= 15 is 0 Å². The molecule has 0 unspecified atom stereocenters. The lowest BCUT2D eigenvalue weighted by Crippen LogP contribution is -2.35. The molecule has 0 atom stereocenters. The van der Waals surface area contributed by atoms with Crippen LogP contribution in [-0.4, -0.2) is 36.9 Å². The molecule has 2 amide bonds. The van der Waals surface area contributed by atoms with E-state index in [0.717, 1.165) is 31.5 Å². The Morgan fingerprint density at radius 1 is 1.04 bits per heavy atom. The summed E-state index contributed by atoms with van der Waals surface area (Å²) in [6.07, 6.45) is 3.51. The maximum Gasteiger partial charge on any atom is 0.253 e. The van der Waals surface area contributed by atoms with E-state index in [1.54, 1.807) is 31.4 Å². The Kier molecular flexibility index (Phi) is 5.89. The number of rotatable bonds is 5. The van der Waals surface area contributed by atoms with Crippen LogP contribution in [0.25, 0.3) is 0 Å². The van der Waals surface area contributed by atoms with Gasteiger partial charge in [-0.1, -0.05) is 24.3 Å². The van der Waals surface area contributed by atoms with Gasteiger partial charge in [0.25, 0.3) is 5.91 Å². The van der Waals surface area contributed by atoms with Gasteiger partial charge in [-0.15, -0.1) is 0 Å². The first-order chi connectivity index (χ1) is 12.7. The molecule has 2 aromatic rings. The van der Waals surface area contributed by atoms with Crippen molar-refractivity contribution >= 4 is 17.5 Å². The van der Waals surface area contributed by atoms with Crippen molar-refractivity contribution in [1.82, 2.24) is 4.90 Å². The molecule has 0 aromatic heterocycles. The molecule has 136 valence electrons. The van der Waals surface area contributed by atoms with Crippen molar-refractivity contribution in [3.05, 3.63) is 59.7 Å². The second kappa shape index (κ2) is 8.52.